The Bertz CT molecular complexity index is 3200. The van der Waals surface area contributed by atoms with Crippen LogP contribution in [-0.4, -0.2) is 14.5 Å². The lowest BCUT2D eigenvalue weighted by Crippen LogP contribution is -2.04. The van der Waals surface area contributed by atoms with Crippen LogP contribution in [0.15, 0.2) is 188 Å². The molecule has 0 aliphatic rings. The van der Waals surface area contributed by atoms with Gasteiger partial charge in [-0.1, -0.05) is 164 Å². The van der Waals surface area contributed by atoms with Crippen LogP contribution in [0.1, 0.15) is 0 Å². The maximum absolute atomic E-state index is 5.47. The molecule has 4 heteroatoms. The van der Waals surface area contributed by atoms with E-state index in [9.17, 15) is 0 Å². The first-order valence-electron chi connectivity index (χ1n) is 18.2. The number of thiophene rings is 1. The zero-order valence-corrected chi connectivity index (χ0v) is 30.0. The van der Waals surface area contributed by atoms with Crippen molar-refractivity contribution in [2.24, 2.45) is 0 Å². The molecule has 0 saturated heterocycles. The summed E-state index contributed by atoms with van der Waals surface area (Å²) in [6, 6.07) is 67.0. The van der Waals surface area contributed by atoms with Crippen LogP contribution in [0.2, 0.25) is 0 Å². The molecule has 3 nitrogen and oxygen atoms in total. The van der Waals surface area contributed by atoms with Gasteiger partial charge in [0.25, 0.3) is 0 Å². The van der Waals surface area contributed by atoms with Gasteiger partial charge in [-0.2, -0.15) is 0 Å². The van der Waals surface area contributed by atoms with E-state index in [4.69, 9.17) is 9.97 Å². The van der Waals surface area contributed by atoms with Crippen molar-refractivity contribution in [2.45, 2.75) is 0 Å². The van der Waals surface area contributed by atoms with Crippen molar-refractivity contribution in [1.82, 2.24) is 14.5 Å². The fraction of sp³-hybridized carbons (Fsp3) is 0. The smallest absolute Gasteiger partial charge is 0.235 e. The summed E-state index contributed by atoms with van der Waals surface area (Å²) in [4.78, 5) is 10.9. The Morgan fingerprint density at radius 3 is 1.63 bits per heavy atom. The first-order valence-corrected chi connectivity index (χ1v) is 19.1. The lowest BCUT2D eigenvalue weighted by Gasteiger charge is -2.13. The highest BCUT2D eigenvalue weighted by Crippen LogP contribution is 2.47. The van der Waals surface area contributed by atoms with Crippen LogP contribution in [0.25, 0.3) is 103 Å². The average Bonchev–Trinajstić information content (AvgIpc) is 3.82. The van der Waals surface area contributed by atoms with Gasteiger partial charge in [0.2, 0.25) is 5.95 Å². The molecule has 0 unspecified atom stereocenters. The van der Waals surface area contributed by atoms with Crippen LogP contribution in [0.5, 0.6) is 0 Å². The van der Waals surface area contributed by atoms with E-state index in [1.807, 2.05) is 11.3 Å². The van der Waals surface area contributed by atoms with Crippen LogP contribution in [-0.2, 0) is 0 Å². The maximum atomic E-state index is 5.47. The zero-order valence-electron chi connectivity index (χ0n) is 29.1. The van der Waals surface area contributed by atoms with E-state index in [0.29, 0.717) is 5.95 Å². The second-order valence-electron chi connectivity index (χ2n) is 13.8. The Morgan fingerprint density at radius 2 is 0.889 bits per heavy atom. The fourth-order valence-corrected chi connectivity index (χ4v) is 9.38. The van der Waals surface area contributed by atoms with Crippen molar-refractivity contribution in [3.63, 3.8) is 0 Å². The van der Waals surface area contributed by atoms with E-state index < -0.39 is 0 Å². The van der Waals surface area contributed by atoms with Crippen LogP contribution >= 0.6 is 11.3 Å². The molecule has 0 fully saturated rings. The van der Waals surface area contributed by atoms with Gasteiger partial charge < -0.3 is 0 Å². The summed E-state index contributed by atoms with van der Waals surface area (Å²) < 4.78 is 4.84. The first-order chi connectivity index (χ1) is 26.8. The van der Waals surface area contributed by atoms with Gasteiger partial charge in [-0.15, -0.1) is 11.3 Å². The first kappa shape index (κ1) is 30.7. The Balaban J connectivity index is 1.22. The van der Waals surface area contributed by atoms with Crippen LogP contribution in [0.3, 0.4) is 0 Å². The van der Waals surface area contributed by atoms with Crippen molar-refractivity contribution in [3.05, 3.63) is 188 Å². The number of nitrogens with zero attached hydrogens (tertiary/aromatic N) is 3. The minimum Gasteiger partial charge on any atom is -0.276 e. The topological polar surface area (TPSA) is 30.7 Å². The maximum Gasteiger partial charge on any atom is 0.235 e. The molecule has 0 saturated carbocycles. The average molecular weight is 706 g/mol. The Kier molecular flexibility index (Phi) is 7.04. The lowest BCUT2D eigenvalue weighted by molar-refractivity contribution is 0.998. The molecule has 54 heavy (non-hydrogen) atoms. The van der Waals surface area contributed by atoms with Crippen molar-refractivity contribution in [1.29, 1.82) is 0 Å². The summed E-state index contributed by atoms with van der Waals surface area (Å²) in [5.74, 6) is 0.653. The van der Waals surface area contributed by atoms with Gasteiger partial charge >= 0.3 is 0 Å². The summed E-state index contributed by atoms with van der Waals surface area (Å²) in [6.45, 7) is 0. The third kappa shape index (κ3) is 4.88. The van der Waals surface area contributed by atoms with Gasteiger partial charge in [0, 0.05) is 37.4 Å². The molecule has 252 valence electrons. The molecular weight excluding hydrogens is 675 g/mol. The summed E-state index contributed by atoms with van der Waals surface area (Å²) in [7, 11) is 0. The van der Waals surface area contributed by atoms with Gasteiger partial charge in [0.05, 0.1) is 27.1 Å². The highest BCUT2D eigenvalue weighted by molar-refractivity contribution is 7.27. The Hall–Kier alpha value is -6.88. The number of fused-ring (bicyclic) bond motifs is 10. The molecule has 11 rings (SSSR count). The summed E-state index contributed by atoms with van der Waals surface area (Å²) in [6.07, 6.45) is 0. The largest absolute Gasteiger partial charge is 0.276 e. The van der Waals surface area contributed by atoms with E-state index >= 15 is 0 Å². The van der Waals surface area contributed by atoms with E-state index in [0.717, 1.165) is 39.1 Å². The van der Waals surface area contributed by atoms with Crippen LogP contribution in [0, 0.1) is 0 Å². The molecule has 0 N–H and O–H groups in total. The minimum atomic E-state index is 0.653. The SMILES string of the molecule is c1ccc(-c2ccc(-c3cc(-c4cccc(-c5ccccc5)c4)nc(-n4c5ccccc5c5c6ccccc6c6c7ccccc7sc6c54)n3)cc2)cc1. The van der Waals surface area contributed by atoms with E-state index in [-0.39, 0.29) is 0 Å². The van der Waals surface area contributed by atoms with Crippen molar-refractivity contribution < 1.29 is 0 Å². The molecular formula is C50H31N3S. The highest BCUT2D eigenvalue weighted by Gasteiger charge is 2.23. The number of hydrogen-bond donors (Lipinski definition) is 0. The molecule has 0 amide bonds. The predicted octanol–water partition coefficient (Wildman–Crippen LogP) is 13.8. The van der Waals surface area contributed by atoms with Crippen molar-refractivity contribution >= 4 is 64.1 Å². The monoisotopic (exact) mass is 705 g/mol. The van der Waals surface area contributed by atoms with Gasteiger partial charge in [-0.05, 0) is 57.3 Å². The van der Waals surface area contributed by atoms with E-state index in [2.05, 4.69) is 193 Å². The number of hydrogen-bond acceptors (Lipinski definition) is 3. The fourth-order valence-electron chi connectivity index (χ4n) is 8.12. The standard InChI is InChI=1S/C50H31N3S/c1-3-14-32(15-4-1)34-26-28-35(29-27-34)42-31-43(37-19-13-18-36(30-37)33-16-5-2-6-17-33)52-50(51-42)53-44-24-11-9-22-40(44)46-38-20-7-8-21-39(38)47-41-23-10-12-25-45(41)54-49(47)48(46)53/h1-31H. The second kappa shape index (κ2) is 12.4. The molecule has 0 bridgehead atoms. The minimum absolute atomic E-state index is 0.653. The number of para-hydroxylation sites is 1. The number of benzene rings is 8. The van der Waals surface area contributed by atoms with Gasteiger partial charge in [-0.25, -0.2) is 9.97 Å². The number of rotatable bonds is 5. The summed E-state index contributed by atoms with van der Waals surface area (Å²) in [5, 5.41) is 7.49. The van der Waals surface area contributed by atoms with Gasteiger partial charge in [-0.3, -0.25) is 4.57 Å². The lowest BCUT2D eigenvalue weighted by atomic mass is 9.99. The Labute approximate surface area is 316 Å². The molecule has 3 heterocycles. The quantitative estimate of drug-likeness (QED) is 0.178. The van der Waals surface area contributed by atoms with Crippen LogP contribution < -0.4 is 0 Å². The second-order valence-corrected chi connectivity index (χ2v) is 14.8. The van der Waals surface area contributed by atoms with E-state index in [1.54, 1.807) is 0 Å². The zero-order chi connectivity index (χ0) is 35.6. The molecule has 0 aliphatic carbocycles. The van der Waals surface area contributed by atoms with Crippen molar-refractivity contribution in [3.8, 4) is 50.7 Å². The third-order valence-electron chi connectivity index (χ3n) is 10.6. The summed E-state index contributed by atoms with van der Waals surface area (Å²) >= 11 is 1.85. The van der Waals surface area contributed by atoms with Gasteiger partial charge in [0.15, 0.2) is 0 Å². The molecule has 0 aliphatic heterocycles. The third-order valence-corrected chi connectivity index (χ3v) is 11.8. The Morgan fingerprint density at radius 1 is 0.370 bits per heavy atom. The van der Waals surface area contributed by atoms with Gasteiger partial charge in [0.1, 0.15) is 0 Å². The van der Waals surface area contributed by atoms with E-state index in [1.165, 1.54) is 58.4 Å². The van der Waals surface area contributed by atoms with Crippen LogP contribution in [0.4, 0.5) is 0 Å². The molecule has 0 radical (unpaired) electrons. The summed E-state index contributed by atoms with van der Waals surface area (Å²) in [5.41, 5.74) is 10.7. The number of aromatic nitrogens is 3. The highest BCUT2D eigenvalue weighted by atomic mass is 32.1. The molecule has 0 atom stereocenters. The normalized spacial score (nSPS) is 11.7. The molecule has 0 spiro atoms. The molecule has 8 aromatic carbocycles. The molecule has 3 aromatic heterocycles. The van der Waals surface area contributed by atoms with Crippen molar-refractivity contribution in [2.75, 3.05) is 0 Å². The molecule has 11 aromatic rings. The predicted molar refractivity (Wildman–Crippen MR) is 229 cm³/mol.